The van der Waals surface area contributed by atoms with Crippen LogP contribution < -0.4 is 0 Å². The highest BCUT2D eigenvalue weighted by atomic mass is 15.0. The van der Waals surface area contributed by atoms with Crippen molar-refractivity contribution in [2.45, 2.75) is 17.8 Å². The predicted octanol–water partition coefficient (Wildman–Crippen LogP) is 15.8. The first-order valence-corrected chi connectivity index (χ1v) is 22.5. The molecule has 0 saturated carbocycles. The lowest BCUT2D eigenvalue weighted by Gasteiger charge is -2.30. The van der Waals surface area contributed by atoms with Gasteiger partial charge in [0.25, 0.3) is 0 Å². The third-order valence-electron chi connectivity index (χ3n) is 14.3. The number of aromatic nitrogens is 1. The fourth-order valence-corrected chi connectivity index (χ4v) is 11.5. The van der Waals surface area contributed by atoms with Crippen molar-refractivity contribution >= 4 is 21.8 Å². The molecule has 2 aliphatic rings. The van der Waals surface area contributed by atoms with Crippen molar-refractivity contribution in [3.63, 3.8) is 0 Å². The van der Waals surface area contributed by atoms with Gasteiger partial charge in [-0.25, -0.2) is 0 Å². The van der Waals surface area contributed by atoms with Gasteiger partial charge in [-0.3, -0.25) is 0 Å². The highest BCUT2D eigenvalue weighted by molar-refractivity contribution is 6.09. The average molecular weight is 814 g/mol. The topological polar surface area (TPSA) is 4.93 Å². The Morgan fingerprint density at radius 3 is 1.41 bits per heavy atom. The van der Waals surface area contributed by atoms with E-state index in [0.717, 1.165) is 6.42 Å². The highest BCUT2D eigenvalue weighted by Gasteiger charge is 2.51. The van der Waals surface area contributed by atoms with Crippen molar-refractivity contribution in [3.05, 3.63) is 282 Å². The smallest absolute Gasteiger partial charge is 0.0725 e. The molecule has 1 heteroatoms. The third-order valence-corrected chi connectivity index (χ3v) is 14.3. The van der Waals surface area contributed by atoms with Gasteiger partial charge in [0, 0.05) is 22.4 Å². The zero-order valence-electron chi connectivity index (χ0n) is 35.3. The fourth-order valence-electron chi connectivity index (χ4n) is 11.5. The fraction of sp³-hybridized carbons (Fsp3) is 0.0476. The summed E-state index contributed by atoms with van der Waals surface area (Å²) in [5.74, 6) is 0.165. The molecule has 1 atom stereocenters. The first-order chi connectivity index (χ1) is 31.8. The average Bonchev–Trinajstić information content (AvgIpc) is 3.98. The molecule has 0 radical (unpaired) electrons. The van der Waals surface area contributed by atoms with Crippen molar-refractivity contribution in [2.24, 2.45) is 0 Å². The highest BCUT2D eigenvalue weighted by Crippen LogP contribution is 2.63. The van der Waals surface area contributed by atoms with E-state index < -0.39 is 0 Å². The lowest BCUT2D eigenvalue weighted by molar-refractivity contribution is 0.794. The standard InChI is InChI=1S/C63H43N/c1-2-15-43(16-3-1)44-33-35-46(36-34-44)55(47-37-39-48(40-38-47)64-60-27-12-7-19-52(60)53-20-8-13-28-61(53)64)41-42-29-31-45(32-30-42)49-22-14-26-59-62(49)54-21-6-11-25-58(54)63(59)56-23-9-4-17-50(56)51-18-5-10-24-57(51)63/h1-40,55H,41H2. The molecule has 0 N–H and O–H groups in total. The summed E-state index contributed by atoms with van der Waals surface area (Å²) in [5, 5.41) is 2.56. The number of rotatable bonds is 7. The molecule has 2 aliphatic carbocycles. The molecule has 1 unspecified atom stereocenters. The van der Waals surface area contributed by atoms with E-state index >= 15 is 0 Å². The van der Waals surface area contributed by atoms with Gasteiger partial charge >= 0.3 is 0 Å². The predicted molar refractivity (Wildman–Crippen MR) is 266 cm³/mol. The molecule has 1 spiro atoms. The molecule has 0 fully saturated rings. The second-order valence-corrected chi connectivity index (χ2v) is 17.5. The van der Waals surface area contributed by atoms with E-state index in [2.05, 4.69) is 247 Å². The zero-order valence-corrected chi connectivity index (χ0v) is 35.3. The molecule has 10 aromatic carbocycles. The Morgan fingerprint density at radius 2 is 0.781 bits per heavy atom. The maximum absolute atomic E-state index is 2.40. The molecule has 0 bridgehead atoms. The summed E-state index contributed by atoms with van der Waals surface area (Å²) < 4.78 is 2.40. The quantitative estimate of drug-likeness (QED) is 0.151. The van der Waals surface area contributed by atoms with Gasteiger partial charge in [0.15, 0.2) is 0 Å². The molecular weight excluding hydrogens is 771 g/mol. The van der Waals surface area contributed by atoms with Crippen molar-refractivity contribution in [1.82, 2.24) is 4.57 Å². The van der Waals surface area contributed by atoms with Crippen LogP contribution in [0.15, 0.2) is 243 Å². The largest absolute Gasteiger partial charge is 0.309 e. The van der Waals surface area contributed by atoms with Gasteiger partial charge in [0.1, 0.15) is 0 Å². The lowest BCUT2D eigenvalue weighted by atomic mass is 9.70. The number of fused-ring (bicyclic) bond motifs is 13. The second kappa shape index (κ2) is 14.5. The van der Waals surface area contributed by atoms with Gasteiger partial charge < -0.3 is 4.57 Å². The molecule has 13 rings (SSSR count). The van der Waals surface area contributed by atoms with Crippen molar-refractivity contribution in [2.75, 3.05) is 0 Å². The van der Waals surface area contributed by atoms with Crippen LogP contribution in [0, 0.1) is 0 Å². The molecule has 64 heavy (non-hydrogen) atoms. The second-order valence-electron chi connectivity index (χ2n) is 17.5. The summed E-state index contributed by atoms with van der Waals surface area (Å²) in [6.45, 7) is 0. The normalized spacial score (nSPS) is 13.4. The molecule has 0 aliphatic heterocycles. The first-order valence-electron chi connectivity index (χ1n) is 22.5. The monoisotopic (exact) mass is 813 g/mol. The maximum Gasteiger partial charge on any atom is 0.0725 e. The van der Waals surface area contributed by atoms with Crippen LogP contribution in [0.1, 0.15) is 44.9 Å². The van der Waals surface area contributed by atoms with Crippen LogP contribution >= 0.6 is 0 Å². The SMILES string of the molecule is c1ccc(-c2ccc(C(Cc3ccc(-c4cccc5c4-c4ccccc4C54c5ccccc5-c5ccccc54)cc3)c3ccc(-n4c5ccccc5c5ccccc54)cc3)cc2)cc1. The third kappa shape index (κ3) is 5.44. The Kier molecular flexibility index (Phi) is 8.33. The van der Waals surface area contributed by atoms with E-state index in [1.165, 1.54) is 111 Å². The molecule has 1 nitrogen and oxygen atoms in total. The summed E-state index contributed by atoms with van der Waals surface area (Å²) >= 11 is 0. The van der Waals surface area contributed by atoms with Crippen LogP contribution in [-0.2, 0) is 11.8 Å². The molecule has 1 heterocycles. The van der Waals surface area contributed by atoms with Crippen molar-refractivity contribution in [1.29, 1.82) is 0 Å². The van der Waals surface area contributed by atoms with Crippen LogP contribution in [-0.4, -0.2) is 4.57 Å². The van der Waals surface area contributed by atoms with Crippen LogP contribution in [0.25, 0.3) is 72.0 Å². The Hall–Kier alpha value is -8.00. The summed E-state index contributed by atoms with van der Waals surface area (Å²) in [6.07, 6.45) is 0.881. The van der Waals surface area contributed by atoms with E-state index in [1.807, 2.05) is 0 Å². The Labute approximate surface area is 374 Å². The van der Waals surface area contributed by atoms with E-state index in [4.69, 9.17) is 0 Å². The van der Waals surface area contributed by atoms with Crippen LogP contribution in [0.3, 0.4) is 0 Å². The lowest BCUT2D eigenvalue weighted by Crippen LogP contribution is -2.25. The Morgan fingerprint density at radius 1 is 0.328 bits per heavy atom. The van der Waals surface area contributed by atoms with Crippen LogP contribution in [0.4, 0.5) is 0 Å². The minimum absolute atomic E-state index is 0.165. The van der Waals surface area contributed by atoms with Gasteiger partial charge in [-0.15, -0.1) is 0 Å². The number of benzene rings is 10. The van der Waals surface area contributed by atoms with E-state index in [1.54, 1.807) is 0 Å². The van der Waals surface area contributed by atoms with E-state index in [-0.39, 0.29) is 11.3 Å². The Balaban J connectivity index is 0.889. The maximum atomic E-state index is 2.40. The zero-order chi connectivity index (χ0) is 42.2. The van der Waals surface area contributed by atoms with Gasteiger partial charge in [-0.2, -0.15) is 0 Å². The number of hydrogen-bond donors (Lipinski definition) is 0. The minimum atomic E-state index is -0.352. The van der Waals surface area contributed by atoms with Gasteiger partial charge in [-0.1, -0.05) is 218 Å². The summed E-state index contributed by atoms with van der Waals surface area (Å²) in [7, 11) is 0. The number of nitrogens with zero attached hydrogens (tertiary/aromatic N) is 1. The van der Waals surface area contributed by atoms with Crippen LogP contribution in [0.5, 0.6) is 0 Å². The van der Waals surface area contributed by atoms with E-state index in [0.29, 0.717) is 0 Å². The van der Waals surface area contributed by atoms with Crippen molar-refractivity contribution < 1.29 is 0 Å². The molecular formula is C63H43N. The minimum Gasteiger partial charge on any atom is -0.309 e. The number of hydrogen-bond acceptors (Lipinski definition) is 0. The first kappa shape index (κ1) is 36.6. The van der Waals surface area contributed by atoms with Crippen molar-refractivity contribution in [3.8, 4) is 50.2 Å². The molecule has 1 aromatic heterocycles. The van der Waals surface area contributed by atoms with Gasteiger partial charge in [-0.05, 0) is 114 Å². The summed E-state index contributed by atoms with van der Waals surface area (Å²) in [5.41, 5.74) is 23.0. The summed E-state index contributed by atoms with van der Waals surface area (Å²) in [4.78, 5) is 0. The van der Waals surface area contributed by atoms with Crippen LogP contribution in [0.2, 0.25) is 0 Å². The Bertz CT molecular complexity index is 3460. The summed E-state index contributed by atoms with van der Waals surface area (Å²) in [6, 6.07) is 90.4. The number of para-hydroxylation sites is 2. The molecule has 0 amide bonds. The van der Waals surface area contributed by atoms with Gasteiger partial charge in [0.2, 0.25) is 0 Å². The molecule has 11 aromatic rings. The van der Waals surface area contributed by atoms with Gasteiger partial charge in [0.05, 0.1) is 16.4 Å². The molecule has 300 valence electrons. The molecule has 0 saturated heterocycles. The van der Waals surface area contributed by atoms with E-state index in [9.17, 15) is 0 Å².